The van der Waals surface area contributed by atoms with Crippen molar-refractivity contribution in [2.45, 2.75) is 56.8 Å². The van der Waals surface area contributed by atoms with Gasteiger partial charge in [-0.25, -0.2) is 13.4 Å². The number of hydrogen-bond acceptors (Lipinski definition) is 7. The summed E-state index contributed by atoms with van der Waals surface area (Å²) in [5, 5.41) is 1.13. The first-order valence-corrected chi connectivity index (χ1v) is 15.0. The molecule has 0 spiro atoms. The van der Waals surface area contributed by atoms with Gasteiger partial charge in [-0.15, -0.1) is 0 Å². The molecule has 3 unspecified atom stereocenters. The highest BCUT2D eigenvalue weighted by Gasteiger charge is 2.33. The molecule has 11 heteroatoms. The lowest BCUT2D eigenvalue weighted by Gasteiger charge is -2.34. The Hall–Kier alpha value is -2.08. The van der Waals surface area contributed by atoms with Crippen molar-refractivity contribution in [3.8, 4) is 0 Å². The number of carbonyl (C=O) groups is 1. The molecule has 198 valence electrons. The van der Waals surface area contributed by atoms with Crippen molar-refractivity contribution in [3.63, 3.8) is 0 Å². The van der Waals surface area contributed by atoms with E-state index in [-0.39, 0.29) is 29.1 Å². The molecule has 0 saturated carbocycles. The van der Waals surface area contributed by atoms with Gasteiger partial charge in [-0.2, -0.15) is 4.31 Å². The molecule has 8 nitrogen and oxygen atoms in total. The number of thiazole rings is 1. The Kier molecular flexibility index (Phi) is 7.59. The van der Waals surface area contributed by atoms with E-state index in [0.29, 0.717) is 42.0 Å². The van der Waals surface area contributed by atoms with Gasteiger partial charge in [0, 0.05) is 25.3 Å². The first-order valence-electron chi connectivity index (χ1n) is 12.4. The summed E-state index contributed by atoms with van der Waals surface area (Å²) in [7, 11) is -3.70. The normalized spacial score (nSPS) is 23.0. The smallest absolute Gasteiger partial charge is 0.260 e. The topological polar surface area (TPSA) is 89.0 Å². The Labute approximate surface area is 226 Å². The van der Waals surface area contributed by atoms with Crippen LogP contribution in [0.25, 0.3) is 10.2 Å². The molecule has 3 aromatic rings. The van der Waals surface area contributed by atoms with E-state index in [1.165, 1.54) is 27.8 Å². The maximum Gasteiger partial charge on any atom is 0.260 e. The average Bonchev–Trinajstić information content (AvgIpc) is 3.55. The van der Waals surface area contributed by atoms with Crippen LogP contribution in [0.3, 0.4) is 0 Å². The van der Waals surface area contributed by atoms with Crippen molar-refractivity contribution >= 4 is 54.2 Å². The number of anilines is 1. The lowest BCUT2D eigenvalue weighted by molar-refractivity contribution is -0.0440. The van der Waals surface area contributed by atoms with Crippen LogP contribution in [0.2, 0.25) is 5.02 Å². The van der Waals surface area contributed by atoms with Gasteiger partial charge in [-0.1, -0.05) is 29.0 Å². The van der Waals surface area contributed by atoms with Crippen molar-refractivity contribution in [2.24, 2.45) is 0 Å². The number of amides is 1. The Balaban J connectivity index is 1.44. The van der Waals surface area contributed by atoms with Gasteiger partial charge in [0.05, 0.1) is 45.0 Å². The minimum atomic E-state index is -3.70. The van der Waals surface area contributed by atoms with Crippen LogP contribution in [-0.4, -0.2) is 68.2 Å². The zero-order chi connectivity index (χ0) is 26.3. The molecule has 0 bridgehead atoms. The Morgan fingerprint density at radius 2 is 1.86 bits per heavy atom. The van der Waals surface area contributed by atoms with E-state index in [1.807, 2.05) is 32.9 Å². The highest BCUT2D eigenvalue weighted by Crippen LogP contribution is 2.36. The SMILES string of the molecule is Cc1ccc(Cl)c2sc(N(CC3CCCO3)C(=O)c3ccc(S(=O)(=O)N4CC(C)OC(C)C4)cc3)nc12. The number of morpholine rings is 1. The van der Waals surface area contributed by atoms with Crippen LogP contribution in [0.5, 0.6) is 0 Å². The number of ether oxygens (including phenoxy) is 2. The van der Waals surface area contributed by atoms with Crippen molar-refractivity contribution in [3.05, 3.63) is 52.5 Å². The summed E-state index contributed by atoms with van der Waals surface area (Å²) in [6.07, 6.45) is 1.36. The summed E-state index contributed by atoms with van der Waals surface area (Å²) < 4.78 is 40.3. The van der Waals surface area contributed by atoms with E-state index in [9.17, 15) is 13.2 Å². The molecular weight excluding hydrogens is 534 g/mol. The molecule has 0 aliphatic carbocycles. The van der Waals surface area contributed by atoms with Crippen molar-refractivity contribution in [1.82, 2.24) is 9.29 Å². The fraction of sp³-hybridized carbons (Fsp3) is 0.462. The van der Waals surface area contributed by atoms with E-state index in [2.05, 4.69) is 0 Å². The van der Waals surface area contributed by atoms with Crippen LogP contribution < -0.4 is 4.90 Å². The van der Waals surface area contributed by atoms with Gasteiger partial charge in [0.2, 0.25) is 10.0 Å². The molecule has 0 radical (unpaired) electrons. The first-order chi connectivity index (χ1) is 17.6. The molecule has 1 aromatic heterocycles. The summed E-state index contributed by atoms with van der Waals surface area (Å²) in [6.45, 7) is 7.30. The predicted octanol–water partition coefficient (Wildman–Crippen LogP) is 4.88. The molecule has 3 atom stereocenters. The molecule has 2 aliphatic heterocycles. The van der Waals surface area contributed by atoms with E-state index < -0.39 is 10.0 Å². The van der Waals surface area contributed by atoms with Crippen LogP contribution >= 0.6 is 22.9 Å². The van der Waals surface area contributed by atoms with E-state index in [1.54, 1.807) is 17.0 Å². The molecule has 2 aliphatic rings. The summed E-state index contributed by atoms with van der Waals surface area (Å²) in [6, 6.07) is 9.87. The summed E-state index contributed by atoms with van der Waals surface area (Å²) in [5.74, 6) is -0.263. The van der Waals surface area contributed by atoms with Crippen molar-refractivity contribution in [2.75, 3.05) is 31.1 Å². The molecule has 1 amide bonds. The highest BCUT2D eigenvalue weighted by atomic mass is 35.5. The Morgan fingerprint density at radius 3 is 2.49 bits per heavy atom. The Morgan fingerprint density at radius 1 is 1.16 bits per heavy atom. The monoisotopic (exact) mass is 563 g/mol. The van der Waals surface area contributed by atoms with Crippen LogP contribution in [0.15, 0.2) is 41.3 Å². The van der Waals surface area contributed by atoms with Crippen molar-refractivity contribution < 1.29 is 22.7 Å². The van der Waals surface area contributed by atoms with Gasteiger partial charge in [0.1, 0.15) is 0 Å². The van der Waals surface area contributed by atoms with Gasteiger partial charge < -0.3 is 9.47 Å². The second-order valence-corrected chi connectivity index (χ2v) is 13.0. The second kappa shape index (κ2) is 10.6. The number of hydrogen-bond donors (Lipinski definition) is 0. The molecule has 2 aromatic carbocycles. The zero-order valence-corrected chi connectivity index (χ0v) is 23.4. The maximum atomic E-state index is 13.8. The minimum absolute atomic E-state index is 0.0857. The molecule has 0 N–H and O–H groups in total. The fourth-order valence-electron chi connectivity index (χ4n) is 4.85. The van der Waals surface area contributed by atoms with Crippen LogP contribution in [0.4, 0.5) is 5.13 Å². The number of fused-ring (bicyclic) bond motifs is 1. The lowest BCUT2D eigenvalue weighted by atomic mass is 10.2. The molecular formula is C26H30ClN3O5S2. The third-order valence-corrected chi connectivity index (χ3v) is 10.1. The van der Waals surface area contributed by atoms with E-state index in [0.717, 1.165) is 28.6 Å². The van der Waals surface area contributed by atoms with Crippen molar-refractivity contribution in [1.29, 1.82) is 0 Å². The van der Waals surface area contributed by atoms with E-state index in [4.69, 9.17) is 26.1 Å². The number of carbonyl (C=O) groups excluding carboxylic acids is 1. The van der Waals surface area contributed by atoms with E-state index >= 15 is 0 Å². The molecule has 2 fully saturated rings. The number of rotatable bonds is 6. The zero-order valence-electron chi connectivity index (χ0n) is 21.0. The highest BCUT2D eigenvalue weighted by molar-refractivity contribution is 7.89. The van der Waals surface area contributed by atoms with Crippen LogP contribution in [0.1, 0.15) is 42.6 Å². The summed E-state index contributed by atoms with van der Waals surface area (Å²) >= 11 is 7.80. The van der Waals surface area contributed by atoms with Crippen LogP contribution in [0, 0.1) is 6.92 Å². The predicted molar refractivity (Wildman–Crippen MR) is 145 cm³/mol. The molecule has 37 heavy (non-hydrogen) atoms. The van der Waals surface area contributed by atoms with Gasteiger partial charge in [-0.05, 0) is 69.5 Å². The maximum absolute atomic E-state index is 13.8. The summed E-state index contributed by atoms with van der Waals surface area (Å²) in [4.78, 5) is 20.3. The first kappa shape index (κ1) is 26.5. The van der Waals surface area contributed by atoms with Gasteiger partial charge in [0.15, 0.2) is 5.13 Å². The summed E-state index contributed by atoms with van der Waals surface area (Å²) in [5.41, 5.74) is 2.13. The largest absolute Gasteiger partial charge is 0.376 e. The molecule has 5 rings (SSSR count). The quantitative estimate of drug-likeness (QED) is 0.424. The average molecular weight is 564 g/mol. The number of halogens is 1. The third kappa shape index (κ3) is 5.41. The number of sulfonamides is 1. The fourth-order valence-corrected chi connectivity index (χ4v) is 7.76. The van der Waals surface area contributed by atoms with Gasteiger partial charge >= 0.3 is 0 Å². The standard InChI is InChI=1S/C26H30ClN3O5S2/c1-16-6-11-22(27)24-23(16)28-26(36-24)30(15-20-5-4-12-34-20)25(31)19-7-9-21(10-8-19)37(32,33)29-13-17(2)35-18(3)14-29/h6-11,17-18,20H,4-5,12-15H2,1-3H3. The van der Waals surface area contributed by atoms with Gasteiger partial charge in [0.25, 0.3) is 5.91 Å². The van der Waals surface area contributed by atoms with Crippen LogP contribution in [-0.2, 0) is 19.5 Å². The third-order valence-electron chi connectivity index (χ3n) is 6.70. The minimum Gasteiger partial charge on any atom is -0.376 e. The van der Waals surface area contributed by atoms with Gasteiger partial charge in [-0.3, -0.25) is 9.69 Å². The molecule has 3 heterocycles. The number of aromatic nitrogens is 1. The number of benzene rings is 2. The number of nitrogens with zero attached hydrogens (tertiary/aromatic N) is 3. The number of aryl methyl sites for hydroxylation is 1. The second-order valence-electron chi connectivity index (χ2n) is 9.69. The Bertz CT molecular complexity index is 1350. The lowest BCUT2D eigenvalue weighted by Crippen LogP contribution is -2.48. The molecule has 2 saturated heterocycles.